The number of carbonyl (C=O) groups is 1. The third-order valence-electron chi connectivity index (χ3n) is 3.46. The van der Waals surface area contributed by atoms with Crippen molar-refractivity contribution in [3.05, 3.63) is 11.9 Å². The predicted octanol–water partition coefficient (Wildman–Crippen LogP) is 0.0739. The van der Waals surface area contributed by atoms with Gasteiger partial charge in [0, 0.05) is 20.1 Å². The monoisotopic (exact) mass is 251 g/mol. The van der Waals surface area contributed by atoms with Crippen LogP contribution >= 0.6 is 0 Å². The van der Waals surface area contributed by atoms with Gasteiger partial charge in [-0.05, 0) is 32.4 Å². The lowest BCUT2D eigenvalue weighted by atomic mass is 9.98. The molecule has 18 heavy (non-hydrogen) atoms. The molecule has 1 aliphatic rings. The van der Waals surface area contributed by atoms with Gasteiger partial charge in [0.1, 0.15) is 5.69 Å². The average Bonchev–Trinajstić information content (AvgIpc) is 2.66. The summed E-state index contributed by atoms with van der Waals surface area (Å²) in [5.41, 5.74) is 6.59. The molecule has 2 rings (SSSR count). The molecule has 0 aliphatic carbocycles. The Morgan fingerprint density at radius 2 is 2.39 bits per heavy atom. The fraction of sp³-hybridized carbons (Fsp3) is 0.667. The Balaban J connectivity index is 1.88. The van der Waals surface area contributed by atoms with Gasteiger partial charge in [-0.2, -0.15) is 5.10 Å². The molecule has 1 unspecified atom stereocenters. The van der Waals surface area contributed by atoms with E-state index in [1.54, 1.807) is 7.05 Å². The van der Waals surface area contributed by atoms with Gasteiger partial charge < -0.3 is 16.0 Å². The summed E-state index contributed by atoms with van der Waals surface area (Å²) in [7, 11) is 3.84. The normalized spacial score (nSPS) is 20.9. The number of aryl methyl sites for hydroxylation is 1. The van der Waals surface area contributed by atoms with Crippen LogP contribution in [-0.4, -0.2) is 47.3 Å². The van der Waals surface area contributed by atoms with Crippen molar-refractivity contribution in [3.63, 3.8) is 0 Å². The van der Waals surface area contributed by atoms with Gasteiger partial charge in [0.05, 0.1) is 11.9 Å². The highest BCUT2D eigenvalue weighted by atomic mass is 16.2. The van der Waals surface area contributed by atoms with E-state index in [4.69, 9.17) is 5.73 Å². The number of piperidine rings is 1. The van der Waals surface area contributed by atoms with Gasteiger partial charge in [-0.15, -0.1) is 0 Å². The minimum Gasteiger partial charge on any atom is -0.396 e. The number of anilines is 1. The van der Waals surface area contributed by atoms with E-state index in [1.165, 1.54) is 23.7 Å². The highest BCUT2D eigenvalue weighted by Gasteiger charge is 2.20. The standard InChI is InChI=1S/C12H21N5O/c1-16-5-3-4-9(8-16)6-14-12(18)11-10(13)7-15-17(11)2/h7,9H,3-6,8,13H2,1-2H3,(H,14,18). The molecule has 6 heteroatoms. The Bertz CT molecular complexity index is 409. The number of nitrogens with two attached hydrogens (primary N) is 1. The molecule has 1 amide bonds. The van der Waals surface area contributed by atoms with Crippen molar-refractivity contribution in [2.75, 3.05) is 32.4 Å². The molecule has 1 aliphatic heterocycles. The van der Waals surface area contributed by atoms with Gasteiger partial charge >= 0.3 is 0 Å². The van der Waals surface area contributed by atoms with Crippen LogP contribution in [0, 0.1) is 5.92 Å². The molecule has 1 aromatic heterocycles. The zero-order chi connectivity index (χ0) is 13.1. The molecule has 1 atom stereocenters. The molecule has 1 aromatic rings. The largest absolute Gasteiger partial charge is 0.396 e. The second kappa shape index (κ2) is 5.39. The van der Waals surface area contributed by atoms with Crippen LogP contribution in [0.1, 0.15) is 23.3 Å². The van der Waals surface area contributed by atoms with E-state index < -0.39 is 0 Å². The number of hydrogen-bond donors (Lipinski definition) is 2. The van der Waals surface area contributed by atoms with Crippen molar-refractivity contribution in [1.82, 2.24) is 20.0 Å². The van der Waals surface area contributed by atoms with Crippen LogP contribution in [-0.2, 0) is 7.05 Å². The van der Waals surface area contributed by atoms with Gasteiger partial charge in [0.2, 0.25) is 0 Å². The molecule has 6 nitrogen and oxygen atoms in total. The molecule has 1 saturated heterocycles. The SMILES string of the molecule is CN1CCCC(CNC(=O)c2c(N)cnn2C)C1. The Labute approximate surface area is 107 Å². The number of nitrogen functional groups attached to an aromatic ring is 1. The zero-order valence-electron chi connectivity index (χ0n) is 11.0. The van der Waals surface area contributed by atoms with E-state index in [0.717, 1.165) is 13.1 Å². The number of likely N-dealkylation sites (tertiary alicyclic amines) is 1. The molecule has 100 valence electrons. The Morgan fingerprint density at radius 3 is 3.00 bits per heavy atom. The lowest BCUT2D eigenvalue weighted by molar-refractivity contribution is 0.0928. The Morgan fingerprint density at radius 1 is 1.61 bits per heavy atom. The highest BCUT2D eigenvalue weighted by molar-refractivity contribution is 5.97. The maximum atomic E-state index is 12.0. The Kier molecular flexibility index (Phi) is 3.86. The molecule has 0 spiro atoms. The van der Waals surface area contributed by atoms with Crippen molar-refractivity contribution in [3.8, 4) is 0 Å². The molecular weight excluding hydrogens is 230 g/mol. The second-order valence-electron chi connectivity index (χ2n) is 5.05. The van der Waals surface area contributed by atoms with Crippen LogP contribution in [0.2, 0.25) is 0 Å². The summed E-state index contributed by atoms with van der Waals surface area (Å²) in [5, 5.41) is 6.92. The minimum atomic E-state index is -0.138. The first-order valence-corrected chi connectivity index (χ1v) is 6.32. The Hall–Kier alpha value is -1.56. The van der Waals surface area contributed by atoms with Crippen LogP contribution in [0.25, 0.3) is 0 Å². The average molecular weight is 251 g/mol. The molecule has 0 saturated carbocycles. The smallest absolute Gasteiger partial charge is 0.271 e. The van der Waals surface area contributed by atoms with Gasteiger partial charge in [-0.1, -0.05) is 0 Å². The van der Waals surface area contributed by atoms with Crippen molar-refractivity contribution in [2.45, 2.75) is 12.8 Å². The fourth-order valence-corrected chi connectivity index (χ4v) is 2.49. The summed E-state index contributed by atoms with van der Waals surface area (Å²) in [5.74, 6) is 0.392. The lowest BCUT2D eigenvalue weighted by Gasteiger charge is -2.29. The van der Waals surface area contributed by atoms with Crippen molar-refractivity contribution in [2.24, 2.45) is 13.0 Å². The number of hydrogen-bond acceptors (Lipinski definition) is 4. The van der Waals surface area contributed by atoms with Crippen LogP contribution in [0.15, 0.2) is 6.20 Å². The van der Waals surface area contributed by atoms with Gasteiger partial charge in [0.15, 0.2) is 0 Å². The number of carbonyl (C=O) groups excluding carboxylic acids is 1. The van der Waals surface area contributed by atoms with E-state index in [2.05, 4.69) is 22.4 Å². The molecule has 0 radical (unpaired) electrons. The summed E-state index contributed by atoms with van der Waals surface area (Å²) < 4.78 is 1.51. The van der Waals surface area contributed by atoms with Crippen molar-refractivity contribution >= 4 is 11.6 Å². The topological polar surface area (TPSA) is 76.2 Å². The first kappa shape index (κ1) is 12.9. The molecule has 2 heterocycles. The highest BCUT2D eigenvalue weighted by Crippen LogP contribution is 2.14. The van der Waals surface area contributed by atoms with E-state index >= 15 is 0 Å². The number of amides is 1. The van der Waals surface area contributed by atoms with Crippen LogP contribution < -0.4 is 11.1 Å². The summed E-state index contributed by atoms with van der Waals surface area (Å²) >= 11 is 0. The summed E-state index contributed by atoms with van der Waals surface area (Å²) in [6.45, 7) is 2.90. The van der Waals surface area contributed by atoms with E-state index in [1.807, 2.05) is 0 Å². The maximum absolute atomic E-state index is 12.0. The summed E-state index contributed by atoms with van der Waals surface area (Å²) in [6, 6.07) is 0. The lowest BCUT2D eigenvalue weighted by Crippen LogP contribution is -2.39. The van der Waals surface area contributed by atoms with Crippen molar-refractivity contribution in [1.29, 1.82) is 0 Å². The molecule has 3 N–H and O–H groups in total. The van der Waals surface area contributed by atoms with Gasteiger partial charge in [-0.3, -0.25) is 9.48 Å². The third kappa shape index (κ3) is 2.81. The van der Waals surface area contributed by atoms with E-state index in [-0.39, 0.29) is 5.91 Å². The van der Waals surface area contributed by atoms with Crippen LogP contribution in [0.3, 0.4) is 0 Å². The minimum absolute atomic E-state index is 0.138. The van der Waals surface area contributed by atoms with E-state index in [9.17, 15) is 4.79 Å². The number of rotatable bonds is 3. The van der Waals surface area contributed by atoms with Gasteiger partial charge in [0.25, 0.3) is 5.91 Å². The zero-order valence-corrected chi connectivity index (χ0v) is 11.0. The predicted molar refractivity (Wildman–Crippen MR) is 70.2 cm³/mol. The first-order valence-electron chi connectivity index (χ1n) is 6.32. The molecule has 0 bridgehead atoms. The number of aromatic nitrogens is 2. The molecule has 1 fully saturated rings. The first-order chi connectivity index (χ1) is 8.58. The van der Waals surface area contributed by atoms with Gasteiger partial charge in [-0.25, -0.2) is 0 Å². The van der Waals surface area contributed by atoms with Crippen LogP contribution in [0.5, 0.6) is 0 Å². The maximum Gasteiger partial charge on any atom is 0.271 e. The second-order valence-corrected chi connectivity index (χ2v) is 5.05. The van der Waals surface area contributed by atoms with E-state index in [0.29, 0.717) is 23.8 Å². The number of nitrogens with zero attached hydrogens (tertiary/aromatic N) is 3. The van der Waals surface area contributed by atoms with Crippen LogP contribution in [0.4, 0.5) is 5.69 Å². The quantitative estimate of drug-likeness (QED) is 0.797. The number of nitrogens with one attached hydrogen (secondary N) is 1. The van der Waals surface area contributed by atoms with Crippen molar-refractivity contribution < 1.29 is 4.79 Å². The third-order valence-corrected chi connectivity index (χ3v) is 3.46. The fourth-order valence-electron chi connectivity index (χ4n) is 2.49. The summed E-state index contributed by atoms with van der Waals surface area (Å²) in [4.78, 5) is 14.3. The summed E-state index contributed by atoms with van der Waals surface area (Å²) in [6.07, 6.45) is 3.87. The molecule has 0 aromatic carbocycles. The molecular formula is C12H21N5O.